The second-order valence-electron chi connectivity index (χ2n) is 6.83. The Balaban J connectivity index is 1.63. The number of carbonyl (C=O) groups excluding carboxylic acids is 1. The van der Waals surface area contributed by atoms with Crippen LogP contribution < -0.4 is 18.9 Å². The quantitative estimate of drug-likeness (QED) is 0.712. The van der Waals surface area contributed by atoms with E-state index in [-0.39, 0.29) is 5.91 Å². The van der Waals surface area contributed by atoms with E-state index < -0.39 is 0 Å². The molecule has 1 saturated heterocycles. The van der Waals surface area contributed by atoms with Crippen LogP contribution >= 0.6 is 0 Å². The van der Waals surface area contributed by atoms with Gasteiger partial charge in [-0.15, -0.1) is 0 Å². The maximum Gasteiger partial charge on any atom is 0.254 e. The van der Waals surface area contributed by atoms with Crippen LogP contribution in [-0.2, 0) is 6.54 Å². The van der Waals surface area contributed by atoms with E-state index in [1.807, 2.05) is 35.2 Å². The summed E-state index contributed by atoms with van der Waals surface area (Å²) >= 11 is 0. The molecule has 1 amide bonds. The molecular formula is C22H28N2O5. The summed E-state index contributed by atoms with van der Waals surface area (Å²) in [6.07, 6.45) is 0. The number of ether oxygens (including phenoxy) is 4. The fourth-order valence-electron chi connectivity index (χ4n) is 3.53. The Bertz CT molecular complexity index is 822. The van der Waals surface area contributed by atoms with Gasteiger partial charge in [0.25, 0.3) is 5.91 Å². The van der Waals surface area contributed by atoms with Crippen molar-refractivity contribution in [1.29, 1.82) is 0 Å². The Morgan fingerprint density at radius 1 is 0.862 bits per heavy atom. The van der Waals surface area contributed by atoms with Gasteiger partial charge < -0.3 is 23.8 Å². The number of hydrogen-bond acceptors (Lipinski definition) is 6. The summed E-state index contributed by atoms with van der Waals surface area (Å²) < 4.78 is 21.5. The Labute approximate surface area is 171 Å². The molecule has 0 atom stereocenters. The topological polar surface area (TPSA) is 60.5 Å². The zero-order chi connectivity index (χ0) is 20.8. The van der Waals surface area contributed by atoms with Crippen molar-refractivity contribution < 1.29 is 23.7 Å². The van der Waals surface area contributed by atoms with Crippen molar-refractivity contribution >= 4 is 5.91 Å². The van der Waals surface area contributed by atoms with Crippen LogP contribution in [0.5, 0.6) is 23.0 Å². The molecule has 1 aliphatic rings. The van der Waals surface area contributed by atoms with Gasteiger partial charge in [-0.05, 0) is 35.9 Å². The van der Waals surface area contributed by atoms with Gasteiger partial charge in [-0.2, -0.15) is 0 Å². The fourth-order valence-corrected chi connectivity index (χ4v) is 3.53. The third-order valence-electron chi connectivity index (χ3n) is 5.11. The SMILES string of the molecule is COc1cccc(C(=O)N2CCN(Cc3cc(OC)c(OC)c(OC)c3)CC2)c1. The molecule has 0 bridgehead atoms. The summed E-state index contributed by atoms with van der Waals surface area (Å²) in [7, 11) is 6.43. The smallest absolute Gasteiger partial charge is 0.254 e. The monoisotopic (exact) mass is 400 g/mol. The normalized spacial score (nSPS) is 14.4. The van der Waals surface area contributed by atoms with E-state index in [2.05, 4.69) is 4.90 Å². The van der Waals surface area contributed by atoms with Gasteiger partial charge in [0.2, 0.25) is 5.75 Å². The molecule has 1 aliphatic heterocycles. The molecule has 7 heteroatoms. The zero-order valence-corrected chi connectivity index (χ0v) is 17.4. The molecule has 0 spiro atoms. The molecule has 29 heavy (non-hydrogen) atoms. The predicted molar refractivity (Wildman–Crippen MR) is 110 cm³/mol. The van der Waals surface area contributed by atoms with Crippen molar-refractivity contribution in [3.8, 4) is 23.0 Å². The molecule has 0 aliphatic carbocycles. The van der Waals surface area contributed by atoms with Crippen LogP contribution in [0.15, 0.2) is 36.4 Å². The van der Waals surface area contributed by atoms with E-state index in [1.54, 1.807) is 34.5 Å². The van der Waals surface area contributed by atoms with Gasteiger partial charge in [-0.25, -0.2) is 0 Å². The number of rotatable bonds is 7. The highest BCUT2D eigenvalue weighted by Gasteiger charge is 2.23. The van der Waals surface area contributed by atoms with Crippen molar-refractivity contribution in [3.63, 3.8) is 0 Å². The fraction of sp³-hybridized carbons (Fsp3) is 0.409. The molecule has 0 unspecified atom stereocenters. The molecular weight excluding hydrogens is 372 g/mol. The zero-order valence-electron chi connectivity index (χ0n) is 17.4. The lowest BCUT2D eigenvalue weighted by Gasteiger charge is -2.35. The second-order valence-corrected chi connectivity index (χ2v) is 6.83. The van der Waals surface area contributed by atoms with Crippen molar-refractivity contribution in [1.82, 2.24) is 9.80 Å². The highest BCUT2D eigenvalue weighted by atomic mass is 16.5. The van der Waals surface area contributed by atoms with Gasteiger partial charge in [0, 0.05) is 38.3 Å². The largest absolute Gasteiger partial charge is 0.497 e. The Hall–Kier alpha value is -2.93. The molecule has 2 aromatic carbocycles. The van der Waals surface area contributed by atoms with E-state index in [0.29, 0.717) is 41.7 Å². The second kappa shape index (κ2) is 9.52. The van der Waals surface area contributed by atoms with Gasteiger partial charge >= 0.3 is 0 Å². The maximum absolute atomic E-state index is 12.8. The number of carbonyl (C=O) groups is 1. The number of amides is 1. The van der Waals surface area contributed by atoms with Crippen LogP contribution in [0.1, 0.15) is 15.9 Å². The molecule has 0 radical (unpaired) electrons. The average molecular weight is 400 g/mol. The van der Waals surface area contributed by atoms with Crippen molar-refractivity contribution in [2.75, 3.05) is 54.6 Å². The maximum atomic E-state index is 12.8. The third-order valence-corrected chi connectivity index (χ3v) is 5.11. The highest BCUT2D eigenvalue weighted by Crippen LogP contribution is 2.38. The summed E-state index contributed by atoms with van der Waals surface area (Å²) in [5.41, 5.74) is 1.73. The number of methoxy groups -OCH3 is 4. The Morgan fingerprint density at radius 2 is 1.52 bits per heavy atom. The first-order valence-electron chi connectivity index (χ1n) is 9.54. The van der Waals surface area contributed by atoms with E-state index >= 15 is 0 Å². The average Bonchev–Trinajstić information content (AvgIpc) is 2.78. The van der Waals surface area contributed by atoms with Crippen molar-refractivity contribution in [2.45, 2.75) is 6.54 Å². The minimum absolute atomic E-state index is 0.0383. The number of hydrogen-bond donors (Lipinski definition) is 0. The number of benzene rings is 2. The predicted octanol–water partition coefficient (Wildman–Crippen LogP) is 2.68. The van der Waals surface area contributed by atoms with Crippen LogP contribution in [0, 0.1) is 0 Å². The molecule has 2 aromatic rings. The van der Waals surface area contributed by atoms with Gasteiger partial charge in [-0.3, -0.25) is 9.69 Å². The summed E-state index contributed by atoms with van der Waals surface area (Å²) in [6, 6.07) is 11.2. The van der Waals surface area contributed by atoms with Gasteiger partial charge in [0.1, 0.15) is 5.75 Å². The molecule has 1 heterocycles. The van der Waals surface area contributed by atoms with E-state index in [0.717, 1.165) is 25.2 Å². The summed E-state index contributed by atoms with van der Waals surface area (Å²) in [5, 5.41) is 0. The Morgan fingerprint density at radius 3 is 2.07 bits per heavy atom. The van der Waals surface area contributed by atoms with Gasteiger partial charge in [0.05, 0.1) is 28.4 Å². The van der Waals surface area contributed by atoms with Gasteiger partial charge in [-0.1, -0.05) is 6.07 Å². The lowest BCUT2D eigenvalue weighted by atomic mass is 10.1. The summed E-state index contributed by atoms with van der Waals surface area (Å²) in [4.78, 5) is 17.0. The van der Waals surface area contributed by atoms with Crippen molar-refractivity contribution in [3.05, 3.63) is 47.5 Å². The standard InChI is InChI=1S/C22H28N2O5/c1-26-18-7-5-6-17(14-18)22(25)24-10-8-23(9-11-24)15-16-12-19(27-2)21(29-4)20(13-16)28-3/h5-7,12-14H,8-11,15H2,1-4H3. The van der Waals surface area contributed by atoms with E-state index in [1.165, 1.54) is 0 Å². The minimum Gasteiger partial charge on any atom is -0.497 e. The minimum atomic E-state index is 0.0383. The lowest BCUT2D eigenvalue weighted by molar-refractivity contribution is 0.0628. The molecule has 3 rings (SSSR count). The molecule has 0 N–H and O–H groups in total. The van der Waals surface area contributed by atoms with Gasteiger partial charge in [0.15, 0.2) is 11.5 Å². The first-order chi connectivity index (χ1) is 14.1. The molecule has 7 nitrogen and oxygen atoms in total. The first-order valence-corrected chi connectivity index (χ1v) is 9.54. The third kappa shape index (κ3) is 4.74. The van der Waals surface area contributed by atoms with Crippen LogP contribution in [0.4, 0.5) is 0 Å². The number of piperazine rings is 1. The highest BCUT2D eigenvalue weighted by molar-refractivity contribution is 5.94. The molecule has 1 fully saturated rings. The van der Waals surface area contributed by atoms with E-state index in [9.17, 15) is 4.79 Å². The van der Waals surface area contributed by atoms with E-state index in [4.69, 9.17) is 18.9 Å². The van der Waals surface area contributed by atoms with Crippen molar-refractivity contribution in [2.24, 2.45) is 0 Å². The van der Waals surface area contributed by atoms with Crippen LogP contribution in [0.3, 0.4) is 0 Å². The summed E-state index contributed by atoms with van der Waals surface area (Å²) in [5.74, 6) is 2.61. The molecule has 0 aromatic heterocycles. The first kappa shape index (κ1) is 20.8. The van der Waals surface area contributed by atoms with Crippen LogP contribution in [0.2, 0.25) is 0 Å². The van der Waals surface area contributed by atoms with Crippen LogP contribution in [0.25, 0.3) is 0 Å². The summed E-state index contributed by atoms with van der Waals surface area (Å²) in [6.45, 7) is 3.71. The Kier molecular flexibility index (Phi) is 6.82. The number of nitrogens with zero attached hydrogens (tertiary/aromatic N) is 2. The molecule has 156 valence electrons. The molecule has 0 saturated carbocycles. The lowest BCUT2D eigenvalue weighted by Crippen LogP contribution is -2.48. The van der Waals surface area contributed by atoms with Crippen LogP contribution in [-0.4, -0.2) is 70.3 Å².